The topological polar surface area (TPSA) is 85.5 Å². The van der Waals surface area contributed by atoms with Gasteiger partial charge in [0.25, 0.3) is 5.91 Å². The van der Waals surface area contributed by atoms with Gasteiger partial charge in [-0.2, -0.15) is 5.26 Å². The Labute approximate surface area is 174 Å². The molecule has 2 N–H and O–H groups in total. The summed E-state index contributed by atoms with van der Waals surface area (Å²) in [5, 5.41) is 21.7. The van der Waals surface area contributed by atoms with E-state index < -0.39 is 5.54 Å². The van der Waals surface area contributed by atoms with Crippen LogP contribution in [0.25, 0.3) is 0 Å². The van der Waals surface area contributed by atoms with Gasteiger partial charge in [0.1, 0.15) is 16.2 Å². The minimum absolute atomic E-state index is 0.0108. The van der Waals surface area contributed by atoms with Crippen LogP contribution in [0.3, 0.4) is 0 Å². The van der Waals surface area contributed by atoms with Crippen LogP contribution in [-0.2, 0) is 16.9 Å². The summed E-state index contributed by atoms with van der Waals surface area (Å²) < 4.78 is 0.612. The molecule has 0 saturated heterocycles. The van der Waals surface area contributed by atoms with E-state index in [2.05, 4.69) is 33.0 Å². The first-order chi connectivity index (χ1) is 13.5. The van der Waals surface area contributed by atoms with Gasteiger partial charge in [-0.1, -0.05) is 55.3 Å². The fourth-order valence-corrected chi connectivity index (χ4v) is 3.48. The summed E-state index contributed by atoms with van der Waals surface area (Å²) >= 11 is 3.22. The first-order valence-corrected chi connectivity index (χ1v) is 9.96. The second-order valence-corrected chi connectivity index (χ2v) is 7.45. The monoisotopic (exact) mass is 441 g/mol. The van der Waals surface area contributed by atoms with E-state index >= 15 is 0 Å². The molecule has 1 fully saturated rings. The number of carbonyl (C=O) groups is 1. The molecule has 0 bridgehead atoms. The van der Waals surface area contributed by atoms with E-state index in [1.807, 2.05) is 36.4 Å². The van der Waals surface area contributed by atoms with Crippen LogP contribution >= 0.6 is 15.9 Å². The molecule has 1 aromatic rings. The summed E-state index contributed by atoms with van der Waals surface area (Å²) in [5.74, 6) is -0.353. The fraction of sp³-hybridized carbons (Fsp3) is 0.318. The Morgan fingerprint density at radius 2 is 2.04 bits per heavy atom. The lowest BCUT2D eigenvalue weighted by molar-refractivity contribution is -0.119. The van der Waals surface area contributed by atoms with Crippen molar-refractivity contribution in [1.82, 2.24) is 5.32 Å². The van der Waals surface area contributed by atoms with Crippen LogP contribution in [0.1, 0.15) is 43.2 Å². The van der Waals surface area contributed by atoms with Crippen LogP contribution in [0.2, 0.25) is 0 Å². The van der Waals surface area contributed by atoms with Crippen LogP contribution in [0.5, 0.6) is 0 Å². The van der Waals surface area contributed by atoms with E-state index in [0.717, 1.165) is 36.8 Å². The van der Waals surface area contributed by atoms with E-state index in [-0.39, 0.29) is 18.1 Å². The molecule has 0 heterocycles. The van der Waals surface area contributed by atoms with Crippen LogP contribution in [0, 0.1) is 11.3 Å². The zero-order valence-corrected chi connectivity index (χ0v) is 17.3. The summed E-state index contributed by atoms with van der Waals surface area (Å²) in [6, 6.07) is 9.65. The van der Waals surface area contributed by atoms with Crippen molar-refractivity contribution in [2.24, 2.45) is 4.99 Å². The van der Waals surface area contributed by atoms with Gasteiger partial charge < -0.3 is 10.4 Å². The van der Waals surface area contributed by atoms with Gasteiger partial charge in [-0.25, -0.2) is 0 Å². The van der Waals surface area contributed by atoms with Gasteiger partial charge in [-0.05, 0) is 59.1 Å². The number of nitrogens with one attached hydrogen (secondary N) is 1. The van der Waals surface area contributed by atoms with Gasteiger partial charge in [0.15, 0.2) is 0 Å². The molecule has 1 aromatic carbocycles. The number of carbonyl (C=O) groups excluding carboxylic acids is 1. The van der Waals surface area contributed by atoms with E-state index in [4.69, 9.17) is 0 Å². The van der Waals surface area contributed by atoms with Gasteiger partial charge in [0.05, 0.1) is 12.1 Å². The first kappa shape index (κ1) is 21.8. The average Bonchev–Trinajstić information content (AvgIpc) is 3.19. The molecule has 1 amide bonds. The first-order valence-electron chi connectivity index (χ1n) is 9.17. The van der Waals surface area contributed by atoms with Gasteiger partial charge in [-0.15, -0.1) is 0 Å². The van der Waals surface area contributed by atoms with Crippen molar-refractivity contribution in [3.05, 3.63) is 69.9 Å². The highest BCUT2D eigenvalue weighted by Gasteiger charge is 2.37. The summed E-state index contributed by atoms with van der Waals surface area (Å²) in [7, 11) is 0. The van der Waals surface area contributed by atoms with Crippen molar-refractivity contribution in [2.45, 2.75) is 44.2 Å². The largest absolute Gasteiger partial charge is 0.392 e. The third kappa shape index (κ3) is 5.75. The molecule has 5 nitrogen and oxygen atoms in total. The third-order valence-electron chi connectivity index (χ3n) is 4.84. The number of allylic oxidation sites excluding steroid dienone is 4. The molecule has 0 aliphatic heterocycles. The Morgan fingerprint density at radius 3 is 2.61 bits per heavy atom. The number of rotatable bonds is 8. The molecule has 0 radical (unpaired) electrons. The number of amides is 1. The molecule has 0 unspecified atom stereocenters. The average molecular weight is 442 g/mol. The zero-order chi connectivity index (χ0) is 20.4. The second-order valence-electron chi connectivity index (χ2n) is 6.64. The quantitative estimate of drug-likeness (QED) is 0.206. The van der Waals surface area contributed by atoms with E-state index in [9.17, 15) is 15.2 Å². The number of aliphatic hydroxyl groups excluding tert-OH is 1. The Bertz CT molecular complexity index is 826. The van der Waals surface area contributed by atoms with Crippen molar-refractivity contribution < 1.29 is 9.90 Å². The molecule has 0 atom stereocenters. The lowest BCUT2D eigenvalue weighted by Gasteiger charge is -2.31. The number of nitrogens with zero attached hydrogens (tertiary/aromatic N) is 2. The highest BCUT2D eigenvalue weighted by atomic mass is 79.9. The van der Waals surface area contributed by atoms with Crippen molar-refractivity contribution >= 4 is 28.6 Å². The van der Waals surface area contributed by atoms with Crippen molar-refractivity contribution in [3.63, 3.8) is 0 Å². The number of benzene rings is 1. The Hall–Kier alpha value is -2.49. The van der Waals surface area contributed by atoms with Gasteiger partial charge >= 0.3 is 0 Å². The predicted octanol–water partition coefficient (Wildman–Crippen LogP) is 4.40. The predicted molar refractivity (Wildman–Crippen MR) is 115 cm³/mol. The van der Waals surface area contributed by atoms with Crippen LogP contribution in [0.4, 0.5) is 0 Å². The molecule has 1 aliphatic rings. The number of nitriles is 1. The number of hydrogen-bond donors (Lipinski definition) is 2. The van der Waals surface area contributed by atoms with Crippen LogP contribution < -0.4 is 5.32 Å². The molecule has 2 rings (SSSR count). The maximum absolute atomic E-state index is 12.7. The molecular weight excluding hydrogens is 418 g/mol. The molecule has 0 aromatic heterocycles. The Kier molecular flexibility index (Phi) is 8.37. The highest BCUT2D eigenvalue weighted by molar-refractivity contribution is 9.11. The Morgan fingerprint density at radius 1 is 1.36 bits per heavy atom. The summed E-state index contributed by atoms with van der Waals surface area (Å²) in [5.41, 5.74) is 1.49. The van der Waals surface area contributed by atoms with E-state index in [1.54, 1.807) is 18.2 Å². The minimum Gasteiger partial charge on any atom is -0.392 e. The maximum atomic E-state index is 12.7. The van der Waals surface area contributed by atoms with Gasteiger partial charge in [0, 0.05) is 0 Å². The molecular formula is C22H24BrN3O2. The van der Waals surface area contributed by atoms with Crippen molar-refractivity contribution in [2.75, 3.05) is 0 Å². The SMILES string of the molecule is C=N/C(Br)=C\C=C/C/C=C(\C#N)C(=O)NC1(c2ccc(CO)cc2)CCCC1. The van der Waals surface area contributed by atoms with E-state index in [0.29, 0.717) is 11.0 Å². The molecule has 6 heteroatoms. The lowest BCUT2D eigenvalue weighted by Crippen LogP contribution is -2.44. The second kappa shape index (κ2) is 10.7. The standard InChI is InChI=1S/C22H24BrN3O2/c1-25-20(23)8-4-2-3-7-18(15-24)21(28)26-22(13-5-6-14-22)19-11-9-17(16-27)10-12-19/h2,4,7-12,27H,1,3,5-6,13-14,16H2,(H,26,28)/b4-2-,18-7+,20-8-. The maximum Gasteiger partial charge on any atom is 0.262 e. The fourth-order valence-electron chi connectivity index (χ4n) is 3.33. The number of aliphatic imine (C=N–C) groups is 1. The highest BCUT2D eigenvalue weighted by Crippen LogP contribution is 2.39. The number of aliphatic hydroxyl groups is 1. The zero-order valence-electron chi connectivity index (χ0n) is 15.7. The smallest absolute Gasteiger partial charge is 0.262 e. The van der Waals surface area contributed by atoms with Gasteiger partial charge in [-0.3, -0.25) is 9.79 Å². The normalized spacial score (nSPS) is 16.8. The van der Waals surface area contributed by atoms with Crippen molar-refractivity contribution in [1.29, 1.82) is 5.26 Å². The lowest BCUT2D eigenvalue weighted by atomic mass is 9.87. The number of hydrogen-bond acceptors (Lipinski definition) is 4. The summed E-state index contributed by atoms with van der Waals surface area (Å²) in [6.45, 7) is 3.38. The summed E-state index contributed by atoms with van der Waals surface area (Å²) in [6.07, 6.45) is 11.1. The third-order valence-corrected chi connectivity index (χ3v) is 5.36. The number of halogens is 1. The van der Waals surface area contributed by atoms with Crippen LogP contribution in [0.15, 0.2) is 63.7 Å². The van der Waals surface area contributed by atoms with Gasteiger partial charge in [0.2, 0.25) is 0 Å². The molecule has 28 heavy (non-hydrogen) atoms. The molecule has 0 spiro atoms. The summed E-state index contributed by atoms with van der Waals surface area (Å²) in [4.78, 5) is 16.4. The van der Waals surface area contributed by atoms with Crippen molar-refractivity contribution in [3.8, 4) is 6.07 Å². The molecule has 1 saturated carbocycles. The van der Waals surface area contributed by atoms with E-state index in [1.165, 1.54) is 0 Å². The minimum atomic E-state index is -0.458. The molecule has 146 valence electrons. The molecule has 1 aliphatic carbocycles. The van der Waals surface area contributed by atoms with Crippen LogP contribution in [-0.4, -0.2) is 17.7 Å². The Balaban J connectivity index is 2.12.